The van der Waals surface area contributed by atoms with Crippen molar-refractivity contribution in [2.75, 3.05) is 26.2 Å². The van der Waals surface area contributed by atoms with Crippen LogP contribution in [0.15, 0.2) is 0 Å². The van der Waals surface area contributed by atoms with Gasteiger partial charge < -0.3 is 143 Å². The van der Waals surface area contributed by atoms with E-state index in [1.54, 1.807) is 0 Å². The molecule has 14 fully saturated rings. The van der Waals surface area contributed by atoms with Crippen molar-refractivity contribution in [2.24, 2.45) is 22.9 Å². The molecule has 24 atom stereocenters. The molecule has 0 aromatic carbocycles. The summed E-state index contributed by atoms with van der Waals surface area (Å²) in [5.41, 5.74) is 23.2. The minimum Gasteiger partial charge on any atom is -0.481 e. The number of nitrogens with one attached hydrogen (secondary N) is 4. The minimum absolute atomic E-state index is 0. The predicted molar refractivity (Wildman–Crippen MR) is 261 cm³/mol. The van der Waals surface area contributed by atoms with Crippen LogP contribution in [0.25, 0.3) is 0 Å². The first-order valence-electron chi connectivity index (χ1n) is 25.2. The van der Waals surface area contributed by atoms with Gasteiger partial charge in [-0.15, -0.1) is 12.4 Å². The maximum absolute atomic E-state index is 13.1. The number of hydrogen-bond acceptors (Lipinski definition) is 28. The topological polar surface area (TPSA) is 605 Å². The first kappa shape index (κ1) is 68.7. The molecule has 8 bridgehead atoms. The largest absolute Gasteiger partial charge is 0.481 e. The van der Waals surface area contributed by atoms with E-state index in [9.17, 15) is 79.2 Å². The van der Waals surface area contributed by atoms with E-state index in [1.807, 2.05) is 0 Å². The number of aliphatic hydroxyl groups is 8. The van der Waals surface area contributed by atoms with Gasteiger partial charge >= 0.3 is 23.9 Å². The molecule has 4 amide bonds. The molecular weight excluding hydrogens is 1120 g/mol. The van der Waals surface area contributed by atoms with Gasteiger partial charge in [0.15, 0.2) is 25.2 Å². The highest BCUT2D eigenvalue weighted by atomic mass is 35.5. The fourth-order valence-corrected chi connectivity index (χ4v) is 9.31. The van der Waals surface area contributed by atoms with E-state index >= 15 is 0 Å². The monoisotopic (exact) mass is 1200 g/mol. The number of nitrogens with two attached hydrogens (primary N) is 4. The average molecular weight is 1200 g/mol. The van der Waals surface area contributed by atoms with E-state index in [2.05, 4.69) is 21.3 Å². The Bertz CT molecular complexity index is 1860. The SMILES string of the molecule is Cl.N[C@@H](CC(=O)O)CC(=O)NC[C@@H]1O[C@H]2O[C@@H]3[C@@H](O)[C@H](O)[C@H](O[C@@H]4[C@@H](O)[C@H](O)[C@H](O[C@@H]5[C@@H](O)[C@H](O)[C@H](O[C@@H]1[C@@H](O)[C@@H]2O)O[C@H]5CNC(=O)C[C@@H](N)CC(=O)O)O[C@H]4CNC(=O)C[C@@H](N)CC(=O)O)O[C@H]3CNC(=O)C[C@@H](N)CC(=O)O. The highest BCUT2D eigenvalue weighted by Crippen LogP contribution is 2.36. The van der Waals surface area contributed by atoms with Crippen molar-refractivity contribution >= 4 is 59.9 Å². The fraction of sp³-hybridized carbons (Fsp3) is 0.818. The van der Waals surface area contributed by atoms with Gasteiger partial charge in [0.25, 0.3) is 0 Å². The third-order valence-electron chi connectivity index (χ3n) is 13.3. The van der Waals surface area contributed by atoms with Crippen LogP contribution in [0, 0.1) is 0 Å². The summed E-state index contributed by atoms with van der Waals surface area (Å²) in [6.07, 6.45) is -46.5. The first-order chi connectivity index (χ1) is 37.5. The fourth-order valence-electron chi connectivity index (χ4n) is 9.31. The Balaban J connectivity index is 0.0000141. The maximum Gasteiger partial charge on any atom is 0.304 e. The van der Waals surface area contributed by atoms with E-state index in [0.29, 0.717) is 0 Å². The minimum atomic E-state index is -2.28. The Kier molecular flexibility index (Phi) is 26.5. The number of halogens is 1. The zero-order valence-electron chi connectivity index (χ0n) is 43.0. The van der Waals surface area contributed by atoms with Crippen molar-refractivity contribution in [1.29, 1.82) is 0 Å². The Morgan fingerprint density at radius 1 is 0.309 bits per heavy atom. The third-order valence-corrected chi connectivity index (χ3v) is 13.3. The summed E-state index contributed by atoms with van der Waals surface area (Å²) in [6, 6.07) is -4.84. The quantitative estimate of drug-likeness (QED) is 0.0427. The lowest BCUT2D eigenvalue weighted by molar-refractivity contribution is -0.399. The number of carbonyl (C=O) groups excluding carboxylic acids is 4. The molecule has 0 unspecified atom stereocenters. The number of amides is 4. The summed E-state index contributed by atoms with van der Waals surface area (Å²) in [7, 11) is 0. The normalized spacial score (nSPS) is 36.4. The molecule has 14 heterocycles. The number of aliphatic carboxylic acids is 4. The second kappa shape index (κ2) is 31.2. The van der Waals surface area contributed by atoms with Crippen LogP contribution in [0.1, 0.15) is 51.4 Å². The molecule has 24 N–H and O–H groups in total. The molecule has 14 rings (SSSR count). The molecule has 36 nitrogen and oxygen atoms in total. The molecule has 0 aliphatic carbocycles. The van der Waals surface area contributed by atoms with Gasteiger partial charge in [-0.1, -0.05) is 0 Å². The second-order valence-electron chi connectivity index (χ2n) is 20.0. The van der Waals surface area contributed by atoms with Gasteiger partial charge in [-0.25, -0.2) is 0 Å². The lowest BCUT2D eigenvalue weighted by atomic mass is 9.94. The predicted octanol–water partition coefficient (Wildman–Crippen LogP) is -11.0. The van der Waals surface area contributed by atoms with Crippen molar-refractivity contribution in [3.63, 3.8) is 0 Å². The van der Waals surface area contributed by atoms with Crippen LogP contribution >= 0.6 is 12.4 Å². The molecular formula is C44H73ClN8O28. The van der Waals surface area contributed by atoms with Gasteiger partial charge in [0, 0.05) is 76.0 Å². The summed E-state index contributed by atoms with van der Waals surface area (Å²) in [5, 5.41) is 140. The average Bonchev–Trinajstić information content (AvgIpc) is 3.38. The number of carbonyl (C=O) groups is 8. The lowest BCUT2D eigenvalue weighted by Crippen LogP contribution is -2.70. The third kappa shape index (κ3) is 19.7. The smallest absolute Gasteiger partial charge is 0.304 e. The Labute approximate surface area is 465 Å². The van der Waals surface area contributed by atoms with Gasteiger partial charge in [0.05, 0.1) is 25.7 Å². The highest BCUT2D eigenvalue weighted by Gasteiger charge is 2.57. The Hall–Kier alpha value is -4.75. The molecule has 0 saturated carbocycles. The van der Waals surface area contributed by atoms with Crippen LogP contribution in [0.2, 0.25) is 0 Å². The zero-order chi connectivity index (χ0) is 59.4. The molecule has 464 valence electrons. The van der Waals surface area contributed by atoms with Crippen molar-refractivity contribution in [2.45, 2.75) is 198 Å². The molecule has 0 radical (unpaired) electrons. The number of carboxylic acid groups (broad SMARTS) is 4. The molecule has 14 saturated heterocycles. The van der Waals surface area contributed by atoms with Crippen LogP contribution in [0.3, 0.4) is 0 Å². The van der Waals surface area contributed by atoms with E-state index in [0.717, 1.165) is 0 Å². The van der Waals surface area contributed by atoms with E-state index in [1.165, 1.54) is 0 Å². The van der Waals surface area contributed by atoms with Gasteiger partial charge in [-0.05, 0) is 0 Å². The van der Waals surface area contributed by atoms with Gasteiger partial charge in [-0.2, -0.15) is 0 Å². The summed E-state index contributed by atoms with van der Waals surface area (Å²) < 4.78 is 48.1. The van der Waals surface area contributed by atoms with Crippen LogP contribution < -0.4 is 44.2 Å². The zero-order valence-corrected chi connectivity index (χ0v) is 43.8. The standard InChI is InChI=1S/C44H72N8O28.ClH/c45-13(5-25(57)58)1-21(53)49-9-17-37-29(65)33(69)41(73-17)78-38-18(10-50-22(54)2-14(46)6-26(59)60)75-43(35(71)31(38)67)80-40-20(12-52-24(56)4-16(48)8-28(63)64)76-44(36(72)32(40)68)79-39-19(74-42(77-37)34(70)30(39)66)11-51-23(55)3-15(47)7-27(61)62;/h13-20,29-44,65-72H,1-12,45-48H2,(H,49,53)(H,50,54)(H,51,55)(H,52,56)(H,57,58)(H,59,60)(H,61,62)(H,63,64);1H/t13-,14-,15-,16-,17+,18+,19+,20+,29+,30+,31+,32+,33+,34+,35+,36+,37+,38+,39+,40+,41+,42+,43+,44+;/m1./s1. The summed E-state index contributed by atoms with van der Waals surface area (Å²) in [4.78, 5) is 97.2. The van der Waals surface area contributed by atoms with Crippen LogP contribution in [-0.4, -0.2) is 282 Å². The van der Waals surface area contributed by atoms with E-state index < -0.39 is 272 Å². The number of aliphatic hydroxyl groups excluding tert-OH is 8. The van der Waals surface area contributed by atoms with Crippen molar-refractivity contribution in [3.05, 3.63) is 0 Å². The molecule has 0 spiro atoms. The highest BCUT2D eigenvalue weighted by molar-refractivity contribution is 5.85. The second-order valence-corrected chi connectivity index (χ2v) is 20.0. The molecule has 14 aliphatic heterocycles. The van der Waals surface area contributed by atoms with Crippen molar-refractivity contribution < 1.29 is 138 Å². The number of ether oxygens (including phenoxy) is 8. The van der Waals surface area contributed by atoms with Crippen molar-refractivity contribution in [3.8, 4) is 0 Å². The molecule has 0 aromatic rings. The van der Waals surface area contributed by atoms with E-state index in [4.69, 9.17) is 81.3 Å². The van der Waals surface area contributed by atoms with E-state index in [-0.39, 0.29) is 12.4 Å². The summed E-state index contributed by atoms with van der Waals surface area (Å²) in [5.74, 6) is -8.89. The molecule has 14 aliphatic rings. The molecule has 0 aromatic heterocycles. The summed E-state index contributed by atoms with van der Waals surface area (Å²) in [6.45, 7) is -2.91. The van der Waals surface area contributed by atoms with Gasteiger partial charge in [0.2, 0.25) is 23.6 Å². The Morgan fingerprint density at radius 2 is 0.481 bits per heavy atom. The Morgan fingerprint density at radius 3 is 0.642 bits per heavy atom. The number of hydrogen-bond donors (Lipinski definition) is 20. The maximum atomic E-state index is 13.1. The molecule has 81 heavy (non-hydrogen) atoms. The van der Waals surface area contributed by atoms with Gasteiger partial charge in [-0.3, -0.25) is 38.4 Å². The van der Waals surface area contributed by atoms with Crippen LogP contribution in [0.4, 0.5) is 0 Å². The van der Waals surface area contributed by atoms with Crippen LogP contribution in [0.5, 0.6) is 0 Å². The first-order valence-corrected chi connectivity index (χ1v) is 25.2. The van der Waals surface area contributed by atoms with Gasteiger partial charge in [0.1, 0.15) is 97.7 Å². The molecule has 37 heteroatoms. The van der Waals surface area contributed by atoms with Crippen molar-refractivity contribution in [1.82, 2.24) is 21.3 Å². The summed E-state index contributed by atoms with van der Waals surface area (Å²) >= 11 is 0. The van der Waals surface area contributed by atoms with Crippen LogP contribution in [-0.2, 0) is 76.3 Å². The number of rotatable bonds is 24. The number of carboxylic acids is 4. The lowest BCUT2D eigenvalue weighted by Gasteiger charge is -2.51.